The highest BCUT2D eigenvalue weighted by molar-refractivity contribution is 5.42. The largest absolute Gasteiger partial charge is 0.389 e. The van der Waals surface area contributed by atoms with Crippen molar-refractivity contribution in [3.05, 3.63) is 35.5 Å². The van der Waals surface area contributed by atoms with Crippen molar-refractivity contribution in [3.8, 4) is 0 Å². The standard InChI is InChI=1S/C29H46O/c1-7-21(19(2)3)9-8-20(4)25-12-13-26-24-11-10-22-18-23(30)14-16-28(22,5)27(24)15-17-29(25,26)6/h10-11,14,16,19-21,23,25-27,30H,7-9,12-13,15,17-18H2,1-6H3/t20-,21-,23+,25-,26+,27+,28+,29-/m1/s1. The summed E-state index contributed by atoms with van der Waals surface area (Å²) in [5, 5.41) is 10.1. The highest BCUT2D eigenvalue weighted by atomic mass is 16.3. The van der Waals surface area contributed by atoms with E-state index in [0.717, 1.165) is 36.0 Å². The van der Waals surface area contributed by atoms with E-state index in [4.69, 9.17) is 0 Å². The van der Waals surface area contributed by atoms with Gasteiger partial charge in [-0.3, -0.25) is 0 Å². The molecular formula is C29H46O. The molecule has 30 heavy (non-hydrogen) atoms. The highest BCUT2D eigenvalue weighted by Crippen LogP contribution is 2.65. The first-order chi connectivity index (χ1) is 14.2. The van der Waals surface area contributed by atoms with Crippen molar-refractivity contribution in [1.82, 2.24) is 0 Å². The molecule has 8 atom stereocenters. The predicted octanol–water partition coefficient (Wildman–Crippen LogP) is 7.72. The molecule has 0 radical (unpaired) electrons. The number of aliphatic hydroxyl groups is 1. The van der Waals surface area contributed by atoms with Crippen LogP contribution >= 0.6 is 0 Å². The van der Waals surface area contributed by atoms with Crippen molar-refractivity contribution >= 4 is 0 Å². The van der Waals surface area contributed by atoms with Gasteiger partial charge in [-0.1, -0.05) is 89.8 Å². The number of hydrogen-bond acceptors (Lipinski definition) is 1. The van der Waals surface area contributed by atoms with Crippen LogP contribution < -0.4 is 0 Å². The fraction of sp³-hybridized carbons (Fsp3) is 0.793. The van der Waals surface area contributed by atoms with Crippen molar-refractivity contribution in [2.75, 3.05) is 0 Å². The molecule has 0 aliphatic heterocycles. The van der Waals surface area contributed by atoms with Gasteiger partial charge < -0.3 is 5.11 Å². The number of aliphatic hydroxyl groups excluding tert-OH is 1. The Balaban J connectivity index is 1.52. The molecule has 0 unspecified atom stereocenters. The molecule has 0 heterocycles. The van der Waals surface area contributed by atoms with E-state index >= 15 is 0 Å². The lowest BCUT2D eigenvalue weighted by Crippen LogP contribution is -2.45. The SMILES string of the molecule is CC[C@H](CC[C@@H](C)[C@H]1CC[C@H]2C3=CC=C4C[C@@H](O)C=C[C@]4(C)[C@H]3CC[C@]12C)C(C)C. The molecule has 0 saturated heterocycles. The summed E-state index contributed by atoms with van der Waals surface area (Å²) in [7, 11) is 0. The number of allylic oxidation sites excluding steroid dienone is 4. The average molecular weight is 411 g/mol. The van der Waals surface area contributed by atoms with Crippen LogP contribution in [0.1, 0.15) is 92.9 Å². The first-order valence-electron chi connectivity index (χ1n) is 13.0. The van der Waals surface area contributed by atoms with E-state index in [9.17, 15) is 5.11 Å². The van der Waals surface area contributed by atoms with Crippen LogP contribution in [-0.2, 0) is 0 Å². The minimum Gasteiger partial charge on any atom is -0.389 e. The quantitative estimate of drug-likeness (QED) is 0.444. The van der Waals surface area contributed by atoms with Crippen LogP contribution in [-0.4, -0.2) is 11.2 Å². The van der Waals surface area contributed by atoms with Gasteiger partial charge in [-0.25, -0.2) is 0 Å². The second kappa shape index (κ2) is 8.27. The lowest BCUT2D eigenvalue weighted by atomic mass is 9.51. The zero-order chi connectivity index (χ0) is 21.7. The number of fused-ring (bicyclic) bond motifs is 5. The molecule has 0 bridgehead atoms. The minimum absolute atomic E-state index is 0.139. The van der Waals surface area contributed by atoms with Crippen molar-refractivity contribution < 1.29 is 5.11 Å². The van der Waals surface area contributed by atoms with Gasteiger partial charge in [-0.05, 0) is 79.4 Å². The second-order valence-electron chi connectivity index (χ2n) is 12.1. The summed E-state index contributed by atoms with van der Waals surface area (Å²) in [6, 6.07) is 0. The molecular weight excluding hydrogens is 364 g/mol. The van der Waals surface area contributed by atoms with Crippen LogP contribution in [0.5, 0.6) is 0 Å². The lowest BCUT2D eigenvalue weighted by Gasteiger charge is -2.53. The molecule has 0 aromatic rings. The summed E-state index contributed by atoms with van der Waals surface area (Å²) in [6.45, 7) is 14.8. The number of hydrogen-bond donors (Lipinski definition) is 1. The molecule has 1 nitrogen and oxygen atoms in total. The molecule has 1 heteroatoms. The van der Waals surface area contributed by atoms with E-state index in [0.29, 0.717) is 11.3 Å². The number of rotatable bonds is 6. The zero-order valence-corrected chi connectivity index (χ0v) is 20.5. The summed E-state index contributed by atoms with van der Waals surface area (Å²) in [5.41, 5.74) is 3.83. The molecule has 0 aromatic carbocycles. The van der Waals surface area contributed by atoms with Crippen LogP contribution in [0.25, 0.3) is 0 Å². The molecule has 168 valence electrons. The summed E-state index contributed by atoms with van der Waals surface area (Å²) >= 11 is 0. The molecule has 2 fully saturated rings. The average Bonchev–Trinajstić information content (AvgIpc) is 3.06. The van der Waals surface area contributed by atoms with Crippen LogP contribution in [0, 0.1) is 46.3 Å². The van der Waals surface area contributed by atoms with Gasteiger partial charge in [0, 0.05) is 5.41 Å². The van der Waals surface area contributed by atoms with E-state index in [-0.39, 0.29) is 11.5 Å². The summed E-state index contributed by atoms with van der Waals surface area (Å²) in [6.07, 6.45) is 19.5. The van der Waals surface area contributed by atoms with Crippen LogP contribution in [0.4, 0.5) is 0 Å². The van der Waals surface area contributed by atoms with E-state index in [1.807, 2.05) is 0 Å². The van der Waals surface area contributed by atoms with Crippen molar-refractivity contribution in [2.45, 2.75) is 99.0 Å². The van der Waals surface area contributed by atoms with Gasteiger partial charge in [0.05, 0.1) is 6.10 Å². The third-order valence-electron chi connectivity index (χ3n) is 10.3. The normalized spacial score (nSPS) is 42.1. The Kier molecular flexibility index (Phi) is 6.17. The predicted molar refractivity (Wildman–Crippen MR) is 128 cm³/mol. The lowest BCUT2D eigenvalue weighted by molar-refractivity contribution is 0.0578. The van der Waals surface area contributed by atoms with Gasteiger partial charge in [0.1, 0.15) is 0 Å². The molecule has 4 aliphatic rings. The van der Waals surface area contributed by atoms with Crippen LogP contribution in [0.3, 0.4) is 0 Å². The Morgan fingerprint density at radius 3 is 2.50 bits per heavy atom. The Hall–Kier alpha value is -0.820. The van der Waals surface area contributed by atoms with Crippen LogP contribution in [0.2, 0.25) is 0 Å². The van der Waals surface area contributed by atoms with Gasteiger partial charge in [-0.2, -0.15) is 0 Å². The van der Waals surface area contributed by atoms with E-state index in [1.54, 1.807) is 5.57 Å². The molecule has 4 aliphatic carbocycles. The first kappa shape index (κ1) is 22.4. The summed E-state index contributed by atoms with van der Waals surface area (Å²) in [4.78, 5) is 0. The van der Waals surface area contributed by atoms with E-state index in [1.165, 1.54) is 50.5 Å². The maximum absolute atomic E-state index is 10.1. The van der Waals surface area contributed by atoms with E-state index < -0.39 is 0 Å². The topological polar surface area (TPSA) is 20.2 Å². The molecule has 0 aromatic heterocycles. The van der Waals surface area contributed by atoms with Gasteiger partial charge in [-0.15, -0.1) is 0 Å². The summed E-state index contributed by atoms with van der Waals surface area (Å²) in [5.74, 6) is 4.87. The van der Waals surface area contributed by atoms with Crippen molar-refractivity contribution in [3.63, 3.8) is 0 Å². The van der Waals surface area contributed by atoms with Gasteiger partial charge in [0.2, 0.25) is 0 Å². The molecule has 1 N–H and O–H groups in total. The van der Waals surface area contributed by atoms with Crippen molar-refractivity contribution in [1.29, 1.82) is 0 Å². The Morgan fingerprint density at radius 2 is 1.80 bits per heavy atom. The Morgan fingerprint density at radius 1 is 1.03 bits per heavy atom. The van der Waals surface area contributed by atoms with Crippen LogP contribution in [0.15, 0.2) is 35.5 Å². The van der Waals surface area contributed by atoms with E-state index in [2.05, 4.69) is 65.8 Å². The van der Waals surface area contributed by atoms with Gasteiger partial charge >= 0.3 is 0 Å². The third-order valence-corrected chi connectivity index (χ3v) is 10.3. The molecule has 0 amide bonds. The third kappa shape index (κ3) is 3.58. The van der Waals surface area contributed by atoms with Gasteiger partial charge in [0.15, 0.2) is 0 Å². The summed E-state index contributed by atoms with van der Waals surface area (Å²) < 4.78 is 0. The zero-order valence-electron chi connectivity index (χ0n) is 20.5. The van der Waals surface area contributed by atoms with Crippen molar-refractivity contribution in [2.24, 2.45) is 46.3 Å². The molecule has 4 rings (SSSR count). The highest BCUT2D eigenvalue weighted by Gasteiger charge is 2.56. The fourth-order valence-corrected chi connectivity index (χ4v) is 8.25. The molecule has 2 saturated carbocycles. The Bertz CT molecular complexity index is 727. The maximum atomic E-state index is 10.1. The molecule has 0 spiro atoms. The minimum atomic E-state index is -0.289. The monoisotopic (exact) mass is 410 g/mol. The Labute approximate surface area is 186 Å². The van der Waals surface area contributed by atoms with Gasteiger partial charge in [0.25, 0.3) is 0 Å². The second-order valence-corrected chi connectivity index (χ2v) is 12.1. The maximum Gasteiger partial charge on any atom is 0.0758 e. The fourth-order valence-electron chi connectivity index (χ4n) is 8.25. The first-order valence-corrected chi connectivity index (χ1v) is 13.0. The smallest absolute Gasteiger partial charge is 0.0758 e.